The van der Waals surface area contributed by atoms with E-state index in [9.17, 15) is 9.59 Å². The Morgan fingerprint density at radius 3 is 1.50 bits per heavy atom. The third-order valence-electron chi connectivity index (χ3n) is 4.25. The van der Waals surface area contributed by atoms with Gasteiger partial charge in [-0.05, 0) is 41.5 Å². The lowest BCUT2D eigenvalue weighted by atomic mass is 10.1. The van der Waals surface area contributed by atoms with E-state index in [1.54, 1.807) is 23.2 Å². The molecule has 2 atom stereocenters. The van der Waals surface area contributed by atoms with E-state index in [0.29, 0.717) is 23.5 Å². The minimum Gasteiger partial charge on any atom is -0.466 e. The Hall–Kier alpha value is -2.54. The molecule has 0 bridgehead atoms. The second-order valence-corrected chi connectivity index (χ2v) is 11.6. The Morgan fingerprint density at radius 2 is 1.19 bits per heavy atom. The number of carbonyl (C=O) groups excluding carboxylic acids is 2. The van der Waals surface area contributed by atoms with Crippen molar-refractivity contribution >= 4 is 34.6 Å². The number of ether oxygens (including phenoxy) is 4. The molecule has 10 nitrogen and oxygen atoms in total. The largest absolute Gasteiger partial charge is 0.466 e. The number of esters is 2. The topological polar surface area (TPSA) is 121 Å². The molecule has 0 fully saturated rings. The van der Waals surface area contributed by atoms with Gasteiger partial charge in [0.25, 0.3) is 10.4 Å². The molecule has 0 spiro atoms. The van der Waals surface area contributed by atoms with E-state index in [0.717, 1.165) is 12.2 Å². The third kappa shape index (κ3) is 13.5. The molecule has 12 heteroatoms. The lowest BCUT2D eigenvalue weighted by Crippen LogP contribution is -2.44. The maximum absolute atomic E-state index is 12.4. The molecule has 0 saturated carbocycles. The highest BCUT2D eigenvalue weighted by molar-refractivity contribution is 7.11. The molecule has 0 aliphatic carbocycles. The number of aromatic nitrogens is 2. The summed E-state index contributed by atoms with van der Waals surface area (Å²) in [7, 11) is 0. The molecule has 0 amide bonds. The van der Waals surface area contributed by atoms with Crippen molar-refractivity contribution in [1.29, 1.82) is 0 Å². The van der Waals surface area contributed by atoms with Gasteiger partial charge in [-0.2, -0.15) is 0 Å². The van der Waals surface area contributed by atoms with E-state index in [1.807, 2.05) is 41.5 Å². The number of hydrogen-bond acceptors (Lipinski definition) is 12. The number of carbonyl (C=O) groups is 2. The summed E-state index contributed by atoms with van der Waals surface area (Å²) < 4.78 is 22.2. The average Bonchev–Trinajstić information content (AvgIpc) is 3.49. The van der Waals surface area contributed by atoms with Gasteiger partial charge in [-0.15, -0.1) is 0 Å². The predicted molar refractivity (Wildman–Crippen MR) is 140 cm³/mol. The summed E-state index contributed by atoms with van der Waals surface area (Å²) >= 11 is 2.70. The molecule has 2 aromatic rings. The van der Waals surface area contributed by atoms with Crippen LogP contribution in [-0.4, -0.2) is 71.5 Å². The van der Waals surface area contributed by atoms with E-state index < -0.39 is 24.1 Å². The van der Waals surface area contributed by atoms with E-state index in [1.165, 1.54) is 22.7 Å². The summed E-state index contributed by atoms with van der Waals surface area (Å²) in [6.45, 7) is 13.0. The molecule has 200 valence electrons. The molecule has 2 aromatic heterocycles. The molecule has 0 aliphatic heterocycles. The van der Waals surface area contributed by atoms with Gasteiger partial charge in [0.1, 0.15) is 25.4 Å². The zero-order chi connectivity index (χ0) is 26.6. The molecular formula is C24H36N4O6S2. The summed E-state index contributed by atoms with van der Waals surface area (Å²) in [6.07, 6.45) is 4.19. The van der Waals surface area contributed by atoms with Gasteiger partial charge in [0.05, 0.1) is 0 Å². The maximum Gasteiger partial charge on any atom is 0.331 e. The fourth-order valence-electron chi connectivity index (χ4n) is 2.54. The first-order valence-electron chi connectivity index (χ1n) is 11.5. The van der Waals surface area contributed by atoms with Crippen molar-refractivity contribution in [2.45, 2.75) is 64.8 Å². The Balaban J connectivity index is 1.90. The zero-order valence-electron chi connectivity index (χ0n) is 21.6. The Morgan fingerprint density at radius 1 is 0.806 bits per heavy atom. The average molecular weight is 541 g/mol. The van der Waals surface area contributed by atoms with Crippen LogP contribution in [0.5, 0.6) is 10.4 Å². The molecule has 0 radical (unpaired) electrons. The second kappa shape index (κ2) is 14.3. The highest BCUT2D eigenvalue weighted by atomic mass is 32.1. The second-order valence-electron chi connectivity index (χ2n) is 9.93. The lowest BCUT2D eigenvalue weighted by Gasteiger charge is -2.25. The van der Waals surface area contributed by atoms with E-state index in [4.69, 9.17) is 18.9 Å². The first-order valence-corrected chi connectivity index (χ1v) is 13.3. The number of nitrogens with one attached hydrogen (secondary N) is 2. The van der Waals surface area contributed by atoms with Gasteiger partial charge in [0, 0.05) is 59.5 Å². The molecule has 2 heterocycles. The molecule has 2 unspecified atom stereocenters. The van der Waals surface area contributed by atoms with E-state index in [-0.39, 0.29) is 24.3 Å². The van der Waals surface area contributed by atoms with Gasteiger partial charge in [-0.3, -0.25) is 0 Å². The van der Waals surface area contributed by atoms with Crippen LogP contribution in [0, 0.1) is 0 Å². The van der Waals surface area contributed by atoms with Crippen LogP contribution in [0.3, 0.4) is 0 Å². The summed E-state index contributed by atoms with van der Waals surface area (Å²) in [5.41, 5.74) is -0.357. The first kappa shape index (κ1) is 29.7. The molecule has 0 aromatic carbocycles. The summed E-state index contributed by atoms with van der Waals surface area (Å²) in [5.74, 6) is -1.36. The fraction of sp³-hybridized carbons (Fsp3) is 0.583. The summed E-state index contributed by atoms with van der Waals surface area (Å²) in [5, 5.41) is 11.1. The molecule has 36 heavy (non-hydrogen) atoms. The van der Waals surface area contributed by atoms with E-state index in [2.05, 4.69) is 20.6 Å². The van der Waals surface area contributed by atoms with Crippen molar-refractivity contribution in [2.24, 2.45) is 0 Å². The van der Waals surface area contributed by atoms with Crippen molar-refractivity contribution in [2.75, 3.05) is 26.3 Å². The third-order valence-corrected chi connectivity index (χ3v) is 5.61. The summed E-state index contributed by atoms with van der Waals surface area (Å²) in [4.78, 5) is 33.0. The van der Waals surface area contributed by atoms with Crippen LogP contribution in [0.1, 0.15) is 41.5 Å². The van der Waals surface area contributed by atoms with Crippen LogP contribution in [0.4, 0.5) is 0 Å². The van der Waals surface area contributed by atoms with Crippen molar-refractivity contribution in [1.82, 2.24) is 20.6 Å². The highest BCUT2D eigenvalue weighted by Gasteiger charge is 2.21. The predicted octanol–water partition coefficient (Wildman–Crippen LogP) is 3.21. The number of rotatable bonds is 14. The van der Waals surface area contributed by atoms with E-state index >= 15 is 0 Å². The first-order chi connectivity index (χ1) is 16.9. The Bertz CT molecular complexity index is 861. The SMILES string of the molecule is CC(C)(C)NCC(COc1nccs1)OC(=O)/C=C\C(=O)OC(CNC(C)(C)C)COc1nccs1. The molecule has 0 saturated heterocycles. The van der Waals surface area contributed by atoms with Crippen LogP contribution in [0.25, 0.3) is 0 Å². The van der Waals surface area contributed by atoms with Gasteiger partial charge < -0.3 is 29.6 Å². The Labute approximate surface area is 220 Å². The van der Waals surface area contributed by atoms with Crippen LogP contribution in [0.15, 0.2) is 35.3 Å². The van der Waals surface area contributed by atoms with Crippen LogP contribution in [-0.2, 0) is 19.1 Å². The summed E-state index contributed by atoms with van der Waals surface area (Å²) in [6, 6.07) is 0. The van der Waals surface area contributed by atoms with Crippen LogP contribution < -0.4 is 20.1 Å². The van der Waals surface area contributed by atoms with Gasteiger partial charge >= 0.3 is 11.9 Å². The molecule has 2 N–H and O–H groups in total. The Kier molecular flexibility index (Phi) is 11.8. The smallest absolute Gasteiger partial charge is 0.331 e. The van der Waals surface area contributed by atoms with Crippen molar-refractivity contribution in [3.05, 3.63) is 35.3 Å². The molecule has 0 aliphatic rings. The number of nitrogens with zero attached hydrogens (tertiary/aromatic N) is 2. The zero-order valence-corrected chi connectivity index (χ0v) is 23.2. The quantitative estimate of drug-likeness (QED) is 0.273. The maximum atomic E-state index is 12.4. The molecule has 2 rings (SSSR count). The highest BCUT2D eigenvalue weighted by Crippen LogP contribution is 2.15. The van der Waals surface area contributed by atoms with Crippen LogP contribution >= 0.6 is 22.7 Å². The monoisotopic (exact) mass is 540 g/mol. The van der Waals surface area contributed by atoms with Crippen molar-refractivity contribution < 1.29 is 28.5 Å². The van der Waals surface area contributed by atoms with Crippen LogP contribution in [0.2, 0.25) is 0 Å². The normalized spacial score (nSPS) is 13.8. The van der Waals surface area contributed by atoms with Gasteiger partial charge in [0.2, 0.25) is 0 Å². The van der Waals surface area contributed by atoms with Gasteiger partial charge in [0.15, 0.2) is 0 Å². The molecular weight excluding hydrogens is 504 g/mol. The van der Waals surface area contributed by atoms with Crippen molar-refractivity contribution in [3.8, 4) is 10.4 Å². The van der Waals surface area contributed by atoms with Gasteiger partial charge in [-0.1, -0.05) is 22.7 Å². The minimum atomic E-state index is -0.682. The number of hydrogen-bond donors (Lipinski definition) is 2. The fourth-order valence-corrected chi connectivity index (χ4v) is 3.54. The standard InChI is InChI=1S/C24H36N4O6S2/c1-23(2,3)27-13-17(15-31-21-25-9-11-35-21)33-19(29)7-8-20(30)34-18(14-28-24(4,5)6)16-32-22-26-10-12-36-22/h7-12,17-18,27-28H,13-16H2,1-6H3/b8-7-. The lowest BCUT2D eigenvalue weighted by molar-refractivity contribution is -0.147. The minimum absolute atomic E-state index is 0.120. The van der Waals surface area contributed by atoms with Crippen molar-refractivity contribution in [3.63, 3.8) is 0 Å². The van der Waals surface area contributed by atoms with Gasteiger partial charge in [-0.25, -0.2) is 19.6 Å². The number of thiazole rings is 2.